The number of hydrogen-bond acceptors (Lipinski definition) is 3. The van der Waals surface area contributed by atoms with E-state index in [4.69, 9.17) is 4.42 Å². The van der Waals surface area contributed by atoms with Gasteiger partial charge in [-0.15, -0.1) is 0 Å². The molecule has 2 aromatic rings. The number of aromatic nitrogens is 2. The Morgan fingerprint density at radius 2 is 2.17 bits per heavy atom. The Kier molecular flexibility index (Phi) is 5.30. The molecule has 0 amide bonds. The highest BCUT2D eigenvalue weighted by Crippen LogP contribution is 2.30. The molecule has 0 radical (unpaired) electrons. The quantitative estimate of drug-likeness (QED) is 0.652. The minimum atomic E-state index is -4.49. The van der Waals surface area contributed by atoms with Gasteiger partial charge in [0.2, 0.25) is 0 Å². The predicted molar refractivity (Wildman–Crippen MR) is 78.6 cm³/mol. The molecule has 2 rings (SSSR count). The highest BCUT2D eigenvalue weighted by atomic mass is 19.4. The molecule has 0 spiro atoms. The van der Waals surface area contributed by atoms with Gasteiger partial charge in [-0.05, 0) is 19.1 Å². The van der Waals surface area contributed by atoms with Crippen LogP contribution in [0.4, 0.5) is 13.2 Å². The highest BCUT2D eigenvalue weighted by Gasteiger charge is 2.36. The Hall–Kier alpha value is -2.45. The van der Waals surface area contributed by atoms with E-state index >= 15 is 0 Å². The molecule has 0 saturated carbocycles. The molecule has 6 nitrogen and oxygen atoms in total. The van der Waals surface area contributed by atoms with E-state index in [2.05, 4.69) is 20.7 Å². The van der Waals surface area contributed by atoms with Gasteiger partial charge in [0.1, 0.15) is 5.76 Å². The number of aliphatic imine (C=N–C) groups is 1. The van der Waals surface area contributed by atoms with Crippen LogP contribution in [0.2, 0.25) is 0 Å². The van der Waals surface area contributed by atoms with Crippen molar-refractivity contribution in [3.05, 3.63) is 41.6 Å². The standard InChI is InChI=1S/C14H18F3N5O/c1-3-18-13(20-8-11-5-4-6-23-11)19-7-10-9-22(2)21-12(10)14(15,16)17/h4-6,9H,3,7-8H2,1-2H3,(H2,18,19,20). The average molecular weight is 329 g/mol. The van der Waals surface area contributed by atoms with Crippen LogP contribution >= 0.6 is 0 Å². The van der Waals surface area contributed by atoms with Crippen LogP contribution < -0.4 is 10.6 Å². The van der Waals surface area contributed by atoms with Crippen LogP contribution in [-0.2, 0) is 26.3 Å². The molecule has 2 aromatic heterocycles. The number of aryl methyl sites for hydroxylation is 1. The minimum absolute atomic E-state index is 0.0233. The molecule has 0 bridgehead atoms. The van der Waals surface area contributed by atoms with Crippen molar-refractivity contribution in [1.29, 1.82) is 0 Å². The van der Waals surface area contributed by atoms with Crippen molar-refractivity contribution in [1.82, 2.24) is 20.4 Å². The topological polar surface area (TPSA) is 67.4 Å². The van der Waals surface area contributed by atoms with Crippen LogP contribution in [0.5, 0.6) is 0 Å². The first-order valence-electron chi connectivity index (χ1n) is 7.04. The average Bonchev–Trinajstić information content (AvgIpc) is 3.10. The van der Waals surface area contributed by atoms with Crippen molar-refractivity contribution in [2.45, 2.75) is 26.2 Å². The molecule has 9 heteroatoms. The van der Waals surface area contributed by atoms with E-state index in [9.17, 15) is 13.2 Å². The lowest BCUT2D eigenvalue weighted by Crippen LogP contribution is -2.36. The summed E-state index contributed by atoms with van der Waals surface area (Å²) >= 11 is 0. The van der Waals surface area contributed by atoms with Crippen molar-refractivity contribution in [3.8, 4) is 0 Å². The third kappa shape index (κ3) is 4.76. The minimum Gasteiger partial charge on any atom is -0.467 e. The first kappa shape index (κ1) is 16.9. The Labute approximate surface area is 131 Å². The number of nitrogens with one attached hydrogen (secondary N) is 2. The number of guanidine groups is 1. The van der Waals surface area contributed by atoms with Gasteiger partial charge >= 0.3 is 6.18 Å². The fourth-order valence-electron chi connectivity index (χ4n) is 1.98. The summed E-state index contributed by atoms with van der Waals surface area (Å²) in [6, 6.07) is 3.55. The first-order chi connectivity index (χ1) is 10.9. The second-order valence-electron chi connectivity index (χ2n) is 4.80. The summed E-state index contributed by atoms with van der Waals surface area (Å²) in [7, 11) is 1.45. The molecule has 0 unspecified atom stereocenters. The number of hydrogen-bond donors (Lipinski definition) is 2. The number of rotatable bonds is 5. The van der Waals surface area contributed by atoms with Gasteiger partial charge in [-0.2, -0.15) is 18.3 Å². The third-order valence-corrected chi connectivity index (χ3v) is 2.93. The van der Waals surface area contributed by atoms with Gasteiger partial charge in [0.25, 0.3) is 0 Å². The van der Waals surface area contributed by atoms with Crippen LogP contribution in [0.1, 0.15) is 23.9 Å². The Morgan fingerprint density at radius 3 is 2.78 bits per heavy atom. The molecule has 2 heterocycles. The van der Waals surface area contributed by atoms with Gasteiger partial charge in [-0.1, -0.05) is 0 Å². The summed E-state index contributed by atoms with van der Waals surface area (Å²) in [5.74, 6) is 1.11. The maximum atomic E-state index is 12.9. The zero-order valence-corrected chi connectivity index (χ0v) is 12.8. The number of alkyl halides is 3. The molecule has 0 atom stereocenters. The van der Waals surface area contributed by atoms with Crippen LogP contribution in [0.15, 0.2) is 34.0 Å². The van der Waals surface area contributed by atoms with Gasteiger partial charge in [-0.25, -0.2) is 4.99 Å². The van der Waals surface area contributed by atoms with Crippen molar-refractivity contribution in [3.63, 3.8) is 0 Å². The Balaban J connectivity index is 2.08. The highest BCUT2D eigenvalue weighted by molar-refractivity contribution is 5.79. The van der Waals surface area contributed by atoms with Crippen LogP contribution in [0, 0.1) is 0 Å². The van der Waals surface area contributed by atoms with Crippen LogP contribution in [-0.4, -0.2) is 22.3 Å². The van der Waals surface area contributed by atoms with Gasteiger partial charge < -0.3 is 15.1 Å². The molecule has 0 saturated heterocycles. The summed E-state index contributed by atoms with van der Waals surface area (Å²) in [6.07, 6.45) is -1.62. The van der Waals surface area contributed by atoms with Crippen molar-refractivity contribution < 1.29 is 17.6 Å². The molecule has 0 aromatic carbocycles. The first-order valence-corrected chi connectivity index (χ1v) is 7.04. The Bertz CT molecular complexity index is 646. The zero-order chi connectivity index (χ0) is 16.9. The molecule has 126 valence electrons. The van der Waals surface area contributed by atoms with Crippen LogP contribution in [0.3, 0.4) is 0 Å². The molecule has 0 aliphatic rings. The largest absolute Gasteiger partial charge is 0.467 e. The number of nitrogens with zero attached hydrogens (tertiary/aromatic N) is 3. The van der Waals surface area contributed by atoms with Gasteiger partial charge in [0.15, 0.2) is 11.7 Å². The predicted octanol–water partition coefficient (Wildman–Crippen LogP) is 2.29. The SMILES string of the molecule is CCNC(=NCc1cn(C)nc1C(F)(F)F)NCc1ccco1. The number of furan rings is 1. The maximum absolute atomic E-state index is 12.9. The van der Waals surface area contributed by atoms with E-state index in [0.29, 0.717) is 24.8 Å². The normalized spacial score (nSPS) is 12.5. The maximum Gasteiger partial charge on any atom is 0.435 e. The summed E-state index contributed by atoms with van der Waals surface area (Å²) in [6.45, 7) is 2.71. The van der Waals surface area contributed by atoms with Gasteiger partial charge in [0.05, 0.1) is 19.4 Å². The smallest absolute Gasteiger partial charge is 0.435 e. The monoisotopic (exact) mass is 329 g/mol. The summed E-state index contributed by atoms with van der Waals surface area (Å²) in [5, 5.41) is 9.42. The van der Waals surface area contributed by atoms with E-state index in [0.717, 1.165) is 4.68 Å². The van der Waals surface area contributed by atoms with E-state index in [1.54, 1.807) is 18.4 Å². The molecule has 23 heavy (non-hydrogen) atoms. The van der Waals surface area contributed by atoms with Gasteiger partial charge in [-0.3, -0.25) is 4.68 Å². The van der Waals surface area contributed by atoms with Crippen molar-refractivity contribution in [2.75, 3.05) is 6.54 Å². The van der Waals surface area contributed by atoms with E-state index in [-0.39, 0.29) is 12.1 Å². The second kappa shape index (κ2) is 7.21. The van der Waals surface area contributed by atoms with E-state index in [1.807, 2.05) is 6.92 Å². The number of halogens is 3. The fraction of sp³-hybridized carbons (Fsp3) is 0.429. The lowest BCUT2D eigenvalue weighted by molar-refractivity contribution is -0.142. The summed E-state index contributed by atoms with van der Waals surface area (Å²) in [5.41, 5.74) is -0.888. The lowest BCUT2D eigenvalue weighted by Gasteiger charge is -2.10. The third-order valence-electron chi connectivity index (χ3n) is 2.93. The molecule has 0 aliphatic heterocycles. The molecular formula is C14H18F3N5O. The van der Waals surface area contributed by atoms with Crippen molar-refractivity contribution in [2.24, 2.45) is 12.0 Å². The Morgan fingerprint density at radius 1 is 1.39 bits per heavy atom. The van der Waals surface area contributed by atoms with E-state index in [1.165, 1.54) is 13.2 Å². The molecular weight excluding hydrogens is 311 g/mol. The molecule has 0 fully saturated rings. The van der Waals surface area contributed by atoms with Crippen LogP contribution in [0.25, 0.3) is 0 Å². The fourth-order valence-corrected chi connectivity index (χ4v) is 1.98. The molecule has 2 N–H and O–H groups in total. The zero-order valence-electron chi connectivity index (χ0n) is 12.8. The van der Waals surface area contributed by atoms with E-state index < -0.39 is 11.9 Å². The summed E-state index contributed by atoms with van der Waals surface area (Å²) < 4.78 is 45.0. The summed E-state index contributed by atoms with van der Waals surface area (Å²) in [4.78, 5) is 4.17. The lowest BCUT2D eigenvalue weighted by atomic mass is 10.2. The van der Waals surface area contributed by atoms with Crippen molar-refractivity contribution >= 4 is 5.96 Å². The molecule has 0 aliphatic carbocycles. The second-order valence-corrected chi connectivity index (χ2v) is 4.80. The van der Waals surface area contributed by atoms with Gasteiger partial charge in [0, 0.05) is 25.4 Å².